The highest BCUT2D eigenvalue weighted by molar-refractivity contribution is 9.10. The Bertz CT molecular complexity index is 1180. The lowest BCUT2D eigenvalue weighted by atomic mass is 10.2. The molecule has 0 fully saturated rings. The molecule has 0 saturated heterocycles. The van der Waals surface area contributed by atoms with Crippen LogP contribution in [-0.4, -0.2) is 26.1 Å². The highest BCUT2D eigenvalue weighted by Crippen LogP contribution is 2.15. The molecule has 0 saturated carbocycles. The van der Waals surface area contributed by atoms with Gasteiger partial charge in [-0.05, 0) is 46.8 Å². The first-order valence-corrected chi connectivity index (χ1v) is 8.75. The van der Waals surface area contributed by atoms with Crippen molar-refractivity contribution in [2.45, 2.75) is 6.54 Å². The number of nitrogens with one attached hydrogen (secondary N) is 1. The third kappa shape index (κ3) is 3.49. The van der Waals surface area contributed by atoms with Crippen LogP contribution in [0.15, 0.2) is 68.3 Å². The molecule has 2 aromatic carbocycles. The van der Waals surface area contributed by atoms with Gasteiger partial charge >= 0.3 is 5.63 Å². The van der Waals surface area contributed by atoms with Gasteiger partial charge in [0.2, 0.25) is 0 Å². The van der Waals surface area contributed by atoms with Gasteiger partial charge in [0.05, 0.1) is 12.2 Å². The van der Waals surface area contributed by atoms with Crippen molar-refractivity contribution >= 4 is 32.8 Å². The Morgan fingerprint density at radius 2 is 1.93 bits per heavy atom. The third-order valence-corrected chi connectivity index (χ3v) is 4.43. The van der Waals surface area contributed by atoms with E-state index in [0.717, 1.165) is 10.2 Å². The maximum atomic E-state index is 12.4. The molecule has 0 bridgehead atoms. The highest BCUT2D eigenvalue weighted by atomic mass is 79.9. The lowest BCUT2D eigenvalue weighted by molar-refractivity contribution is 0.0946. The average molecular weight is 426 g/mol. The van der Waals surface area contributed by atoms with Crippen molar-refractivity contribution < 1.29 is 9.21 Å². The molecule has 1 amide bonds. The van der Waals surface area contributed by atoms with Crippen LogP contribution in [0.2, 0.25) is 0 Å². The Balaban J connectivity index is 1.55. The van der Waals surface area contributed by atoms with Crippen molar-refractivity contribution in [3.05, 3.63) is 80.9 Å². The van der Waals surface area contributed by atoms with Gasteiger partial charge < -0.3 is 9.73 Å². The second-order valence-electron chi connectivity index (χ2n) is 5.65. The number of benzene rings is 2. The Hall–Kier alpha value is -3.33. The van der Waals surface area contributed by atoms with Crippen LogP contribution >= 0.6 is 15.9 Å². The molecule has 0 unspecified atom stereocenters. The molecule has 4 aromatic rings. The molecule has 0 aliphatic rings. The van der Waals surface area contributed by atoms with Crippen molar-refractivity contribution in [3.63, 3.8) is 0 Å². The Morgan fingerprint density at radius 1 is 1.15 bits per heavy atom. The standard InChI is InChI=1S/C18H12BrN5O3/c19-12-5-7-13(8-6-12)24-16(21-22-23-24)10-20-17(25)14-9-11-3-1-2-4-15(11)27-18(14)26/h1-9H,10H2,(H,20,25). The number of halogens is 1. The first-order valence-electron chi connectivity index (χ1n) is 7.96. The minimum atomic E-state index is -0.696. The van der Waals surface area contributed by atoms with Crippen LogP contribution in [0.5, 0.6) is 0 Å². The SMILES string of the molecule is O=C(NCc1nnnn1-c1ccc(Br)cc1)c1cc2ccccc2oc1=O. The van der Waals surface area contributed by atoms with E-state index in [9.17, 15) is 9.59 Å². The molecule has 2 heterocycles. The number of hydrogen-bond donors (Lipinski definition) is 1. The van der Waals surface area contributed by atoms with E-state index in [2.05, 4.69) is 36.8 Å². The van der Waals surface area contributed by atoms with Gasteiger partial charge in [0.15, 0.2) is 5.82 Å². The van der Waals surface area contributed by atoms with Gasteiger partial charge in [0.25, 0.3) is 5.91 Å². The number of fused-ring (bicyclic) bond motifs is 1. The molecule has 0 atom stereocenters. The van der Waals surface area contributed by atoms with Crippen LogP contribution in [0.4, 0.5) is 0 Å². The van der Waals surface area contributed by atoms with Crippen molar-refractivity contribution in [1.29, 1.82) is 0 Å². The van der Waals surface area contributed by atoms with Crippen LogP contribution < -0.4 is 10.9 Å². The summed E-state index contributed by atoms with van der Waals surface area (Å²) in [6, 6.07) is 15.9. The summed E-state index contributed by atoms with van der Waals surface area (Å²) in [5.41, 5.74) is 0.408. The van der Waals surface area contributed by atoms with Gasteiger partial charge in [-0.25, -0.2) is 4.79 Å². The number of hydrogen-bond acceptors (Lipinski definition) is 6. The summed E-state index contributed by atoms with van der Waals surface area (Å²) in [7, 11) is 0. The van der Waals surface area contributed by atoms with E-state index in [1.807, 2.05) is 24.3 Å². The predicted octanol–water partition coefficient (Wildman–Crippen LogP) is 2.46. The van der Waals surface area contributed by atoms with E-state index in [1.165, 1.54) is 10.7 Å². The molecule has 8 nitrogen and oxygen atoms in total. The number of tetrazole rings is 1. The number of aromatic nitrogens is 4. The molecule has 0 radical (unpaired) electrons. The lowest BCUT2D eigenvalue weighted by Gasteiger charge is -2.06. The monoisotopic (exact) mass is 425 g/mol. The molecule has 9 heteroatoms. The van der Waals surface area contributed by atoms with Crippen LogP contribution in [0, 0.1) is 0 Å². The summed E-state index contributed by atoms with van der Waals surface area (Å²) in [6.45, 7) is 0.0498. The summed E-state index contributed by atoms with van der Waals surface area (Å²) in [5, 5.41) is 14.8. The fourth-order valence-electron chi connectivity index (χ4n) is 2.57. The van der Waals surface area contributed by atoms with Crippen LogP contribution in [-0.2, 0) is 6.54 Å². The van der Waals surface area contributed by atoms with E-state index < -0.39 is 11.5 Å². The molecule has 2 aromatic heterocycles. The fourth-order valence-corrected chi connectivity index (χ4v) is 2.84. The van der Waals surface area contributed by atoms with E-state index >= 15 is 0 Å². The topological polar surface area (TPSA) is 103 Å². The quantitative estimate of drug-likeness (QED) is 0.503. The molecular formula is C18H12BrN5O3. The lowest BCUT2D eigenvalue weighted by Crippen LogP contribution is -2.29. The van der Waals surface area contributed by atoms with Gasteiger partial charge in [0.1, 0.15) is 11.1 Å². The van der Waals surface area contributed by atoms with Crippen LogP contribution in [0.1, 0.15) is 16.2 Å². The van der Waals surface area contributed by atoms with Crippen molar-refractivity contribution in [1.82, 2.24) is 25.5 Å². The molecule has 0 spiro atoms. The normalized spacial score (nSPS) is 10.9. The summed E-state index contributed by atoms with van der Waals surface area (Å²) in [5.74, 6) is -0.129. The molecule has 134 valence electrons. The van der Waals surface area contributed by atoms with Gasteiger partial charge in [-0.1, -0.05) is 34.1 Å². The van der Waals surface area contributed by atoms with E-state index in [1.54, 1.807) is 24.3 Å². The Labute approximate surface area is 160 Å². The first-order chi connectivity index (χ1) is 13.1. The largest absolute Gasteiger partial charge is 0.422 e. The fraction of sp³-hybridized carbons (Fsp3) is 0.0556. The number of carbonyl (C=O) groups is 1. The zero-order valence-electron chi connectivity index (χ0n) is 13.8. The van der Waals surface area contributed by atoms with Crippen LogP contribution in [0.3, 0.4) is 0 Å². The molecule has 4 rings (SSSR count). The van der Waals surface area contributed by atoms with Gasteiger partial charge in [0, 0.05) is 9.86 Å². The summed E-state index contributed by atoms with van der Waals surface area (Å²) >= 11 is 3.37. The second kappa shape index (κ2) is 7.12. The third-order valence-electron chi connectivity index (χ3n) is 3.90. The smallest absolute Gasteiger partial charge is 0.349 e. The molecular weight excluding hydrogens is 414 g/mol. The van der Waals surface area contributed by atoms with Gasteiger partial charge in [-0.15, -0.1) is 5.10 Å². The Kier molecular flexibility index (Phi) is 4.51. The maximum absolute atomic E-state index is 12.4. The van der Waals surface area contributed by atoms with Crippen molar-refractivity contribution in [2.75, 3.05) is 0 Å². The predicted molar refractivity (Wildman–Crippen MR) is 101 cm³/mol. The summed E-state index contributed by atoms with van der Waals surface area (Å²) in [4.78, 5) is 24.5. The van der Waals surface area contributed by atoms with Crippen molar-refractivity contribution in [2.24, 2.45) is 0 Å². The summed E-state index contributed by atoms with van der Waals surface area (Å²) < 4.78 is 7.63. The number of rotatable bonds is 4. The number of para-hydroxylation sites is 1. The first kappa shape index (κ1) is 17.1. The zero-order valence-corrected chi connectivity index (χ0v) is 15.4. The molecule has 0 aliphatic carbocycles. The van der Waals surface area contributed by atoms with Crippen molar-refractivity contribution in [3.8, 4) is 5.69 Å². The molecule has 27 heavy (non-hydrogen) atoms. The van der Waals surface area contributed by atoms with Crippen LogP contribution in [0.25, 0.3) is 16.7 Å². The highest BCUT2D eigenvalue weighted by Gasteiger charge is 2.15. The maximum Gasteiger partial charge on any atom is 0.349 e. The van der Waals surface area contributed by atoms with Gasteiger partial charge in [-0.3, -0.25) is 4.79 Å². The molecule has 0 aliphatic heterocycles. The Morgan fingerprint density at radius 3 is 2.74 bits per heavy atom. The van der Waals surface area contributed by atoms with Gasteiger partial charge in [-0.2, -0.15) is 4.68 Å². The van der Waals surface area contributed by atoms with E-state index in [-0.39, 0.29) is 12.1 Å². The minimum absolute atomic E-state index is 0.0498. The molecule has 1 N–H and O–H groups in total. The summed E-state index contributed by atoms with van der Waals surface area (Å²) in [6.07, 6.45) is 0. The van der Waals surface area contributed by atoms with E-state index in [0.29, 0.717) is 16.8 Å². The average Bonchev–Trinajstić information content (AvgIpc) is 3.14. The number of nitrogens with zero attached hydrogens (tertiary/aromatic N) is 4. The van der Waals surface area contributed by atoms with E-state index in [4.69, 9.17) is 4.42 Å². The number of carbonyl (C=O) groups excluding carboxylic acids is 1. The minimum Gasteiger partial charge on any atom is -0.422 e. The second-order valence-corrected chi connectivity index (χ2v) is 6.57. The zero-order chi connectivity index (χ0) is 18.8. The number of amides is 1.